The second-order valence-electron chi connectivity index (χ2n) is 9.19. The second kappa shape index (κ2) is 9.92. The van der Waals surface area contributed by atoms with Crippen LogP contribution in [0.15, 0.2) is 29.4 Å². The summed E-state index contributed by atoms with van der Waals surface area (Å²) in [4.78, 5) is 44.4. The molecule has 10 nitrogen and oxygen atoms in total. The van der Waals surface area contributed by atoms with Gasteiger partial charge < -0.3 is 24.5 Å². The van der Waals surface area contributed by atoms with Crippen LogP contribution in [0.25, 0.3) is 0 Å². The van der Waals surface area contributed by atoms with Crippen molar-refractivity contribution in [2.24, 2.45) is 11.1 Å². The van der Waals surface area contributed by atoms with Gasteiger partial charge in [0, 0.05) is 44.1 Å². The van der Waals surface area contributed by atoms with Gasteiger partial charge >= 0.3 is 5.97 Å². The number of aliphatic carboxylic acids is 1. The van der Waals surface area contributed by atoms with Crippen molar-refractivity contribution >= 4 is 29.2 Å². The Morgan fingerprint density at radius 1 is 1.03 bits per heavy atom. The summed E-state index contributed by atoms with van der Waals surface area (Å²) in [5, 5.41) is 21.5. The Bertz CT molecular complexity index is 989. The number of carboxylic acid groups (broad SMARTS) is 1. The molecule has 2 N–H and O–H groups in total. The fourth-order valence-electron chi connectivity index (χ4n) is 4.78. The number of amides is 1. The number of amidine groups is 1. The van der Waals surface area contributed by atoms with Gasteiger partial charge in [-0.3, -0.25) is 15.0 Å². The predicted molar refractivity (Wildman–Crippen MR) is 123 cm³/mol. The molecular formula is C24H30N4O6. The van der Waals surface area contributed by atoms with Gasteiger partial charge in [0.05, 0.1) is 17.9 Å². The molecule has 4 rings (SSSR count). The molecule has 2 fully saturated rings. The summed E-state index contributed by atoms with van der Waals surface area (Å²) in [5.74, 6) is -2.50. The van der Waals surface area contributed by atoms with E-state index in [-0.39, 0.29) is 18.1 Å². The van der Waals surface area contributed by atoms with Crippen LogP contribution in [0.4, 0.5) is 0 Å². The first-order valence-electron chi connectivity index (χ1n) is 11.6. The predicted octanol–water partition coefficient (Wildman–Crippen LogP) is 1.51. The molecule has 182 valence electrons. The first-order chi connectivity index (χ1) is 16.2. The zero-order chi connectivity index (χ0) is 24.4. The Morgan fingerprint density at radius 2 is 1.65 bits per heavy atom. The maximum Gasteiger partial charge on any atom is 0.372 e. The molecule has 34 heavy (non-hydrogen) atoms. The van der Waals surface area contributed by atoms with Gasteiger partial charge in [0.1, 0.15) is 5.84 Å². The van der Waals surface area contributed by atoms with Crippen LogP contribution in [-0.4, -0.2) is 88.6 Å². The number of likely N-dealkylation sites (tertiary alicyclic amines) is 1. The van der Waals surface area contributed by atoms with Crippen molar-refractivity contribution in [1.29, 1.82) is 5.41 Å². The fraction of sp³-hybridized carbons (Fsp3) is 0.542. The minimum Gasteiger partial charge on any atom is -0.475 e. The molecule has 0 spiro atoms. The summed E-state index contributed by atoms with van der Waals surface area (Å²) in [6.07, 6.45) is 0.437. The van der Waals surface area contributed by atoms with Crippen LogP contribution in [0.2, 0.25) is 0 Å². The number of nitrogens with zero attached hydrogens (tertiary/aromatic N) is 3. The summed E-state index contributed by atoms with van der Waals surface area (Å²) < 4.78 is 5.75. The topological polar surface area (TPSA) is 133 Å². The van der Waals surface area contributed by atoms with Crippen molar-refractivity contribution in [2.75, 3.05) is 26.2 Å². The number of Topliss-reactive ketones (excluding diaryl/α,β-unsaturated/α-hetero) is 1. The highest BCUT2D eigenvalue weighted by Crippen LogP contribution is 2.24. The van der Waals surface area contributed by atoms with E-state index in [1.807, 2.05) is 43.0 Å². The molecule has 0 saturated carbocycles. The lowest BCUT2D eigenvalue weighted by atomic mass is 9.92. The SMILES string of the molecule is CC1CN(C(=N)c2ccc(C3=NOC(C(=O)N4CCC(C(=O)C(=O)O)CC4)C3)cc2)CC(C)O1. The van der Waals surface area contributed by atoms with E-state index in [0.717, 1.165) is 11.1 Å². The van der Waals surface area contributed by atoms with E-state index in [1.54, 1.807) is 4.90 Å². The maximum atomic E-state index is 12.8. The lowest BCUT2D eigenvalue weighted by Gasteiger charge is -2.36. The van der Waals surface area contributed by atoms with Gasteiger partial charge in [0.15, 0.2) is 0 Å². The average Bonchev–Trinajstić information content (AvgIpc) is 3.32. The van der Waals surface area contributed by atoms with Crippen LogP contribution in [0.3, 0.4) is 0 Å². The lowest BCUT2D eigenvalue weighted by Crippen LogP contribution is -2.48. The molecule has 10 heteroatoms. The van der Waals surface area contributed by atoms with Crippen molar-refractivity contribution in [3.63, 3.8) is 0 Å². The molecule has 3 atom stereocenters. The highest BCUT2D eigenvalue weighted by atomic mass is 16.6. The normalized spacial score (nSPS) is 25.5. The molecule has 3 unspecified atom stereocenters. The van der Waals surface area contributed by atoms with Gasteiger partial charge in [-0.05, 0) is 32.3 Å². The molecular weight excluding hydrogens is 440 g/mol. The number of oxime groups is 1. The lowest BCUT2D eigenvalue weighted by molar-refractivity contribution is -0.152. The quantitative estimate of drug-likeness (QED) is 0.379. The Balaban J connectivity index is 1.31. The molecule has 3 aliphatic rings. The minimum atomic E-state index is -1.42. The fourth-order valence-corrected chi connectivity index (χ4v) is 4.78. The van der Waals surface area contributed by atoms with Crippen molar-refractivity contribution in [3.8, 4) is 0 Å². The molecule has 0 radical (unpaired) electrons. The summed E-state index contributed by atoms with van der Waals surface area (Å²) in [6, 6.07) is 7.53. The van der Waals surface area contributed by atoms with Gasteiger partial charge in [-0.1, -0.05) is 29.4 Å². The number of carboxylic acids is 1. The Kier molecular flexibility index (Phi) is 6.97. The van der Waals surface area contributed by atoms with Crippen LogP contribution in [0.1, 0.15) is 44.2 Å². The van der Waals surface area contributed by atoms with E-state index in [2.05, 4.69) is 5.16 Å². The monoisotopic (exact) mass is 470 g/mol. The zero-order valence-electron chi connectivity index (χ0n) is 19.4. The van der Waals surface area contributed by atoms with E-state index < -0.39 is 23.8 Å². The molecule has 1 aromatic carbocycles. The summed E-state index contributed by atoms with van der Waals surface area (Å²) in [6.45, 7) is 6.02. The smallest absolute Gasteiger partial charge is 0.372 e. The van der Waals surface area contributed by atoms with Crippen molar-refractivity contribution in [2.45, 2.75) is 51.4 Å². The number of carbonyl (C=O) groups excluding carboxylic acids is 2. The van der Waals surface area contributed by atoms with Crippen molar-refractivity contribution in [1.82, 2.24) is 9.80 Å². The molecule has 0 aliphatic carbocycles. The first kappa shape index (κ1) is 23.9. The van der Waals surface area contributed by atoms with Gasteiger partial charge in [-0.15, -0.1) is 0 Å². The van der Waals surface area contributed by atoms with Crippen LogP contribution in [0.5, 0.6) is 0 Å². The molecule has 0 aromatic heterocycles. The molecule has 3 heterocycles. The molecule has 2 saturated heterocycles. The summed E-state index contributed by atoms with van der Waals surface area (Å²) >= 11 is 0. The number of carbonyl (C=O) groups is 3. The standard InChI is InChI=1S/C24H30N4O6/c1-14-12-28(13-15(2)33-14)22(25)18-5-3-16(4-6-18)19-11-20(34-26-19)23(30)27-9-7-17(8-10-27)21(29)24(31)32/h3-6,14-15,17,20,25H,7-13H2,1-2H3,(H,31,32). The molecule has 1 aromatic rings. The molecule has 0 bridgehead atoms. The average molecular weight is 471 g/mol. The van der Waals surface area contributed by atoms with Gasteiger partial charge in [-0.25, -0.2) is 4.79 Å². The van der Waals surface area contributed by atoms with E-state index in [9.17, 15) is 14.4 Å². The largest absolute Gasteiger partial charge is 0.475 e. The van der Waals surface area contributed by atoms with E-state index in [4.69, 9.17) is 20.1 Å². The van der Waals surface area contributed by atoms with Crippen LogP contribution in [0, 0.1) is 11.3 Å². The number of nitrogens with one attached hydrogen (secondary N) is 1. The summed E-state index contributed by atoms with van der Waals surface area (Å²) in [7, 11) is 0. The third-order valence-electron chi connectivity index (χ3n) is 6.56. The number of hydrogen-bond donors (Lipinski definition) is 2. The zero-order valence-corrected chi connectivity index (χ0v) is 19.4. The highest BCUT2D eigenvalue weighted by Gasteiger charge is 2.36. The minimum absolute atomic E-state index is 0.0753. The maximum absolute atomic E-state index is 12.8. The third-order valence-corrected chi connectivity index (χ3v) is 6.56. The Morgan fingerprint density at radius 3 is 2.24 bits per heavy atom. The van der Waals surface area contributed by atoms with Crippen molar-refractivity contribution < 1.29 is 29.1 Å². The van der Waals surface area contributed by atoms with Gasteiger partial charge in [-0.2, -0.15) is 0 Å². The highest BCUT2D eigenvalue weighted by molar-refractivity contribution is 6.33. The van der Waals surface area contributed by atoms with E-state index in [1.165, 1.54) is 0 Å². The number of hydrogen-bond acceptors (Lipinski definition) is 7. The Labute approximate surface area is 198 Å². The number of morpholine rings is 1. The van der Waals surface area contributed by atoms with Gasteiger partial charge in [0.25, 0.3) is 5.91 Å². The number of rotatable bonds is 5. The molecule has 1 amide bonds. The molecule has 3 aliphatic heterocycles. The van der Waals surface area contributed by atoms with E-state index in [0.29, 0.717) is 57.0 Å². The van der Waals surface area contributed by atoms with Crippen LogP contribution in [-0.2, 0) is 24.0 Å². The number of piperidine rings is 1. The second-order valence-corrected chi connectivity index (χ2v) is 9.19. The summed E-state index contributed by atoms with van der Waals surface area (Å²) in [5.41, 5.74) is 2.30. The Hall–Kier alpha value is -3.27. The number of ether oxygens (including phenoxy) is 1. The van der Waals surface area contributed by atoms with E-state index >= 15 is 0 Å². The van der Waals surface area contributed by atoms with Crippen molar-refractivity contribution in [3.05, 3.63) is 35.4 Å². The van der Waals surface area contributed by atoms with Crippen LogP contribution < -0.4 is 0 Å². The van der Waals surface area contributed by atoms with Crippen LogP contribution >= 0.6 is 0 Å². The van der Waals surface area contributed by atoms with Gasteiger partial charge in [0.2, 0.25) is 11.9 Å². The third kappa shape index (κ3) is 5.11. The number of benzene rings is 1. The first-order valence-corrected chi connectivity index (χ1v) is 11.6. The number of ketones is 1.